The van der Waals surface area contributed by atoms with E-state index in [9.17, 15) is 13.2 Å². The molecule has 2 nitrogen and oxygen atoms in total. The monoisotopic (exact) mass is 297 g/mol. The van der Waals surface area contributed by atoms with Gasteiger partial charge in [0.2, 0.25) is 0 Å². The van der Waals surface area contributed by atoms with Crippen LogP contribution in [0.5, 0.6) is 11.5 Å². The van der Waals surface area contributed by atoms with Gasteiger partial charge in [-0.25, -0.2) is 0 Å². The van der Waals surface area contributed by atoms with Crippen molar-refractivity contribution in [3.05, 3.63) is 58.6 Å². The van der Waals surface area contributed by atoms with Crippen molar-refractivity contribution in [1.29, 1.82) is 5.26 Å². The summed E-state index contributed by atoms with van der Waals surface area (Å²) in [6.45, 7) is 0. The van der Waals surface area contributed by atoms with Crippen LogP contribution in [0.1, 0.15) is 11.1 Å². The maximum absolute atomic E-state index is 12.6. The van der Waals surface area contributed by atoms with Gasteiger partial charge in [-0.3, -0.25) is 0 Å². The van der Waals surface area contributed by atoms with Crippen LogP contribution in [0.25, 0.3) is 0 Å². The van der Waals surface area contributed by atoms with Crippen molar-refractivity contribution in [3.8, 4) is 17.6 Å². The molecule has 0 aliphatic rings. The number of alkyl halides is 3. The zero-order valence-corrected chi connectivity index (χ0v) is 10.7. The third-order valence-corrected chi connectivity index (χ3v) is 2.69. The fourth-order valence-corrected chi connectivity index (χ4v) is 1.71. The molecule has 0 fully saturated rings. The molecule has 0 aromatic heterocycles. The van der Waals surface area contributed by atoms with Crippen molar-refractivity contribution >= 4 is 11.6 Å². The lowest BCUT2D eigenvalue weighted by molar-refractivity contribution is -0.137. The molecule has 20 heavy (non-hydrogen) atoms. The van der Waals surface area contributed by atoms with E-state index in [1.165, 1.54) is 30.3 Å². The van der Waals surface area contributed by atoms with Gasteiger partial charge in [-0.05, 0) is 36.4 Å². The lowest BCUT2D eigenvalue weighted by Crippen LogP contribution is -2.04. The summed E-state index contributed by atoms with van der Waals surface area (Å²) in [5, 5.41) is 9.28. The van der Waals surface area contributed by atoms with Crippen LogP contribution in [0.2, 0.25) is 5.02 Å². The van der Waals surface area contributed by atoms with Gasteiger partial charge in [-0.15, -0.1) is 0 Å². The van der Waals surface area contributed by atoms with Crippen LogP contribution < -0.4 is 4.74 Å². The molecule has 0 heterocycles. The van der Waals surface area contributed by atoms with E-state index in [0.29, 0.717) is 5.02 Å². The number of benzene rings is 2. The van der Waals surface area contributed by atoms with E-state index >= 15 is 0 Å². The molecule has 0 saturated heterocycles. The molecule has 0 bridgehead atoms. The smallest absolute Gasteiger partial charge is 0.416 e. The lowest BCUT2D eigenvalue weighted by atomic mass is 10.2. The predicted octanol–water partition coefficient (Wildman–Crippen LogP) is 5.02. The van der Waals surface area contributed by atoms with Crippen LogP contribution in [0.15, 0.2) is 42.5 Å². The Hall–Kier alpha value is -2.19. The highest BCUT2D eigenvalue weighted by molar-refractivity contribution is 6.30. The Kier molecular flexibility index (Phi) is 3.86. The van der Waals surface area contributed by atoms with E-state index in [0.717, 1.165) is 12.1 Å². The average molecular weight is 298 g/mol. The second kappa shape index (κ2) is 5.43. The van der Waals surface area contributed by atoms with Crippen LogP contribution in [0, 0.1) is 11.3 Å². The van der Waals surface area contributed by atoms with Gasteiger partial charge in [0, 0.05) is 5.02 Å². The lowest BCUT2D eigenvalue weighted by Gasteiger charge is -2.10. The fourth-order valence-electron chi connectivity index (χ4n) is 1.54. The summed E-state index contributed by atoms with van der Waals surface area (Å²) < 4.78 is 43.0. The van der Waals surface area contributed by atoms with Crippen molar-refractivity contribution < 1.29 is 17.9 Å². The summed E-state index contributed by atoms with van der Waals surface area (Å²) in [6, 6.07) is 10.6. The largest absolute Gasteiger partial charge is 0.456 e. The Morgan fingerprint density at radius 3 is 2.50 bits per heavy atom. The third kappa shape index (κ3) is 3.22. The van der Waals surface area contributed by atoms with Crippen molar-refractivity contribution in [2.45, 2.75) is 6.18 Å². The third-order valence-electron chi connectivity index (χ3n) is 2.45. The number of halogens is 4. The normalized spacial score (nSPS) is 10.9. The van der Waals surface area contributed by atoms with Crippen molar-refractivity contribution in [2.75, 3.05) is 0 Å². The molecule has 2 aromatic carbocycles. The van der Waals surface area contributed by atoms with E-state index in [2.05, 4.69) is 0 Å². The zero-order valence-electron chi connectivity index (χ0n) is 9.91. The Morgan fingerprint density at radius 1 is 1.10 bits per heavy atom. The Bertz CT molecular complexity index is 677. The van der Waals surface area contributed by atoms with Gasteiger partial charge < -0.3 is 4.74 Å². The second-order valence-corrected chi connectivity index (χ2v) is 4.32. The molecule has 0 N–H and O–H groups in total. The van der Waals surface area contributed by atoms with Crippen molar-refractivity contribution in [3.63, 3.8) is 0 Å². The Morgan fingerprint density at radius 2 is 1.85 bits per heavy atom. The summed E-state index contributed by atoms with van der Waals surface area (Å²) in [6.07, 6.45) is -4.45. The van der Waals surface area contributed by atoms with Gasteiger partial charge in [0.1, 0.15) is 17.6 Å². The number of rotatable bonds is 2. The summed E-state index contributed by atoms with van der Waals surface area (Å²) >= 11 is 5.73. The molecule has 0 unspecified atom stereocenters. The first kappa shape index (κ1) is 14.2. The standard InChI is InChI=1S/C14H7ClF3NO/c15-11-4-5-13(9(6-11)8-19)20-12-3-1-2-10(7-12)14(16,17)18/h1-7H. The molecule has 102 valence electrons. The predicted molar refractivity (Wildman–Crippen MR) is 67.7 cm³/mol. The van der Waals surface area contributed by atoms with E-state index in [4.69, 9.17) is 21.6 Å². The van der Waals surface area contributed by atoms with Crippen molar-refractivity contribution in [1.82, 2.24) is 0 Å². The highest BCUT2D eigenvalue weighted by Crippen LogP contribution is 2.33. The molecule has 0 atom stereocenters. The van der Waals surface area contributed by atoms with Gasteiger partial charge in [0.05, 0.1) is 11.1 Å². The Balaban J connectivity index is 2.34. The Labute approximate surface area is 118 Å². The minimum atomic E-state index is -4.45. The van der Waals surface area contributed by atoms with Crippen LogP contribution in [0.3, 0.4) is 0 Å². The van der Waals surface area contributed by atoms with Gasteiger partial charge in [-0.2, -0.15) is 18.4 Å². The van der Waals surface area contributed by atoms with Crippen LogP contribution in [0.4, 0.5) is 13.2 Å². The highest BCUT2D eigenvalue weighted by atomic mass is 35.5. The topological polar surface area (TPSA) is 33.0 Å². The number of hydrogen-bond donors (Lipinski definition) is 0. The molecule has 0 spiro atoms. The van der Waals surface area contributed by atoms with E-state index < -0.39 is 11.7 Å². The maximum atomic E-state index is 12.6. The quantitative estimate of drug-likeness (QED) is 0.779. The first-order chi connectivity index (χ1) is 9.40. The molecule has 0 radical (unpaired) electrons. The van der Waals surface area contributed by atoms with E-state index in [1.807, 2.05) is 6.07 Å². The maximum Gasteiger partial charge on any atom is 0.416 e. The number of ether oxygens (including phenoxy) is 1. The van der Waals surface area contributed by atoms with Crippen LogP contribution >= 0.6 is 11.6 Å². The van der Waals surface area contributed by atoms with Gasteiger partial charge in [0.15, 0.2) is 0 Å². The van der Waals surface area contributed by atoms with Gasteiger partial charge in [0.25, 0.3) is 0 Å². The summed E-state index contributed by atoms with van der Waals surface area (Å²) in [5.74, 6) is 0.148. The average Bonchev–Trinajstić information content (AvgIpc) is 2.40. The molecule has 2 aromatic rings. The highest BCUT2D eigenvalue weighted by Gasteiger charge is 2.30. The van der Waals surface area contributed by atoms with Gasteiger partial charge in [-0.1, -0.05) is 17.7 Å². The van der Waals surface area contributed by atoms with Crippen molar-refractivity contribution in [2.24, 2.45) is 0 Å². The first-order valence-corrected chi connectivity index (χ1v) is 5.83. The zero-order chi connectivity index (χ0) is 14.8. The van der Waals surface area contributed by atoms with E-state index in [-0.39, 0.29) is 17.1 Å². The van der Waals surface area contributed by atoms with Crippen LogP contribution in [-0.4, -0.2) is 0 Å². The molecule has 2 rings (SSSR count). The SMILES string of the molecule is N#Cc1cc(Cl)ccc1Oc1cccc(C(F)(F)F)c1. The van der Waals surface area contributed by atoms with E-state index in [1.54, 1.807) is 0 Å². The molecular weight excluding hydrogens is 291 g/mol. The summed E-state index contributed by atoms with van der Waals surface area (Å²) in [5.41, 5.74) is -0.669. The minimum absolute atomic E-state index is 0.00125. The van der Waals surface area contributed by atoms with Gasteiger partial charge >= 0.3 is 6.18 Å². The molecule has 0 aliphatic heterocycles. The molecule has 6 heteroatoms. The number of nitrogens with zero attached hydrogens (tertiary/aromatic N) is 1. The fraction of sp³-hybridized carbons (Fsp3) is 0.0714. The first-order valence-electron chi connectivity index (χ1n) is 5.45. The number of hydrogen-bond acceptors (Lipinski definition) is 2. The summed E-state index contributed by atoms with van der Waals surface area (Å²) in [7, 11) is 0. The number of nitriles is 1. The molecule has 0 amide bonds. The molecule has 0 aliphatic carbocycles. The second-order valence-electron chi connectivity index (χ2n) is 3.88. The van der Waals surface area contributed by atoms with Crippen LogP contribution in [-0.2, 0) is 6.18 Å². The summed E-state index contributed by atoms with van der Waals surface area (Å²) in [4.78, 5) is 0. The minimum Gasteiger partial charge on any atom is -0.456 e. The molecule has 0 saturated carbocycles. The molecular formula is C14H7ClF3NO.